The number of rotatable bonds is 3. The van der Waals surface area contributed by atoms with Gasteiger partial charge in [0.2, 0.25) is 0 Å². The summed E-state index contributed by atoms with van der Waals surface area (Å²) < 4.78 is 39.0. The first-order chi connectivity index (χ1) is 8.55. The Kier molecular flexibility index (Phi) is 4.10. The molecule has 1 fully saturated rings. The molecule has 0 aromatic heterocycles. The first-order valence-corrected chi connectivity index (χ1v) is 6.38. The van der Waals surface area contributed by atoms with Crippen LogP contribution in [0.15, 0.2) is 35.9 Å². The molecule has 0 amide bonds. The average Bonchev–Trinajstić information content (AvgIpc) is 2.81. The molecular formula is C15H17F3. The molecule has 0 unspecified atom stereocenters. The van der Waals surface area contributed by atoms with E-state index < -0.39 is 6.18 Å². The van der Waals surface area contributed by atoms with Crippen molar-refractivity contribution in [1.29, 1.82) is 0 Å². The molecule has 0 saturated heterocycles. The van der Waals surface area contributed by atoms with E-state index in [0.717, 1.165) is 25.7 Å². The van der Waals surface area contributed by atoms with Crippen molar-refractivity contribution < 1.29 is 13.2 Å². The molecule has 98 valence electrons. The molecule has 0 bridgehead atoms. The second-order valence-electron chi connectivity index (χ2n) is 4.93. The van der Waals surface area contributed by atoms with Crippen molar-refractivity contribution in [2.45, 2.75) is 38.3 Å². The van der Waals surface area contributed by atoms with Crippen LogP contribution in [0.5, 0.6) is 0 Å². The number of allylic oxidation sites excluding steroid dienone is 1. The van der Waals surface area contributed by atoms with Gasteiger partial charge in [-0.2, -0.15) is 13.2 Å². The van der Waals surface area contributed by atoms with Gasteiger partial charge >= 0.3 is 6.18 Å². The van der Waals surface area contributed by atoms with Gasteiger partial charge < -0.3 is 0 Å². The monoisotopic (exact) mass is 254 g/mol. The number of hydrogen-bond acceptors (Lipinski definition) is 0. The Balaban J connectivity index is 2.17. The highest BCUT2D eigenvalue weighted by molar-refractivity contribution is 5.53. The van der Waals surface area contributed by atoms with Gasteiger partial charge in [-0.15, -0.1) is 0 Å². The average molecular weight is 254 g/mol. The van der Waals surface area contributed by atoms with Crippen molar-refractivity contribution in [3.63, 3.8) is 0 Å². The SMILES string of the molecule is FC(F)(F)C(=Cc1ccccc1)CC1CCCC1. The van der Waals surface area contributed by atoms with Crippen LogP contribution in [-0.4, -0.2) is 6.18 Å². The van der Waals surface area contributed by atoms with E-state index >= 15 is 0 Å². The van der Waals surface area contributed by atoms with Gasteiger partial charge in [-0.05, 0) is 24.0 Å². The Labute approximate surface area is 106 Å². The molecule has 0 spiro atoms. The number of hydrogen-bond donors (Lipinski definition) is 0. The Morgan fingerprint density at radius 3 is 2.28 bits per heavy atom. The van der Waals surface area contributed by atoms with Gasteiger partial charge in [-0.3, -0.25) is 0 Å². The molecule has 18 heavy (non-hydrogen) atoms. The minimum atomic E-state index is -4.21. The Morgan fingerprint density at radius 1 is 1.11 bits per heavy atom. The zero-order chi connectivity index (χ0) is 13.0. The third kappa shape index (κ3) is 3.62. The Hall–Kier alpha value is -1.25. The van der Waals surface area contributed by atoms with Crippen LogP contribution in [0.3, 0.4) is 0 Å². The predicted octanol–water partition coefficient (Wildman–Crippen LogP) is 5.21. The van der Waals surface area contributed by atoms with Crippen LogP contribution >= 0.6 is 0 Å². The molecule has 1 aliphatic rings. The summed E-state index contributed by atoms with van der Waals surface area (Å²) in [4.78, 5) is 0. The Bertz CT molecular complexity index is 397. The first kappa shape index (κ1) is 13.2. The molecule has 0 atom stereocenters. The molecule has 1 saturated carbocycles. The molecule has 1 aromatic rings. The van der Waals surface area contributed by atoms with Crippen molar-refractivity contribution in [3.8, 4) is 0 Å². The van der Waals surface area contributed by atoms with Gasteiger partial charge in [0, 0.05) is 5.57 Å². The summed E-state index contributed by atoms with van der Waals surface area (Å²) in [5, 5.41) is 0. The number of benzene rings is 1. The van der Waals surface area contributed by atoms with Crippen LogP contribution in [0, 0.1) is 5.92 Å². The molecular weight excluding hydrogens is 237 g/mol. The maximum absolute atomic E-state index is 13.0. The van der Waals surface area contributed by atoms with Gasteiger partial charge in [0.05, 0.1) is 0 Å². The van der Waals surface area contributed by atoms with E-state index in [1.165, 1.54) is 6.08 Å². The molecule has 2 rings (SSSR count). The van der Waals surface area contributed by atoms with Crippen molar-refractivity contribution in [1.82, 2.24) is 0 Å². The maximum Gasteiger partial charge on any atom is 0.412 e. The summed E-state index contributed by atoms with van der Waals surface area (Å²) in [5.74, 6) is 0.210. The van der Waals surface area contributed by atoms with Crippen molar-refractivity contribution in [2.75, 3.05) is 0 Å². The molecule has 0 nitrogen and oxygen atoms in total. The third-order valence-corrected chi connectivity index (χ3v) is 3.49. The smallest absolute Gasteiger partial charge is 0.166 e. The summed E-state index contributed by atoms with van der Waals surface area (Å²) >= 11 is 0. The zero-order valence-electron chi connectivity index (χ0n) is 10.2. The fraction of sp³-hybridized carbons (Fsp3) is 0.467. The minimum absolute atomic E-state index is 0.165. The van der Waals surface area contributed by atoms with E-state index in [2.05, 4.69) is 0 Å². The van der Waals surface area contributed by atoms with Crippen molar-refractivity contribution in [3.05, 3.63) is 41.5 Å². The van der Waals surface area contributed by atoms with Gasteiger partial charge in [0.25, 0.3) is 0 Å². The number of halogens is 3. The third-order valence-electron chi connectivity index (χ3n) is 3.49. The van der Waals surface area contributed by atoms with Gasteiger partial charge in [0.15, 0.2) is 0 Å². The lowest BCUT2D eigenvalue weighted by Crippen LogP contribution is -2.14. The van der Waals surface area contributed by atoms with E-state index in [1.54, 1.807) is 24.3 Å². The minimum Gasteiger partial charge on any atom is -0.166 e. The normalized spacial score (nSPS) is 18.3. The van der Waals surface area contributed by atoms with Crippen LogP contribution < -0.4 is 0 Å². The lowest BCUT2D eigenvalue weighted by atomic mass is 9.96. The summed E-state index contributed by atoms with van der Waals surface area (Å²) in [7, 11) is 0. The van der Waals surface area contributed by atoms with E-state index in [9.17, 15) is 13.2 Å². The molecule has 1 aliphatic carbocycles. The van der Waals surface area contributed by atoms with E-state index in [0.29, 0.717) is 5.56 Å². The number of alkyl halides is 3. The highest BCUT2D eigenvalue weighted by Gasteiger charge is 2.35. The van der Waals surface area contributed by atoms with E-state index in [4.69, 9.17) is 0 Å². The summed E-state index contributed by atoms with van der Waals surface area (Å²) in [6.45, 7) is 0. The first-order valence-electron chi connectivity index (χ1n) is 6.38. The van der Waals surface area contributed by atoms with Gasteiger partial charge in [0.1, 0.15) is 0 Å². The fourth-order valence-corrected chi connectivity index (χ4v) is 2.53. The summed E-state index contributed by atoms with van der Waals surface area (Å²) in [6, 6.07) is 8.74. The fourth-order valence-electron chi connectivity index (χ4n) is 2.53. The summed E-state index contributed by atoms with van der Waals surface area (Å²) in [6.07, 6.45) is 1.25. The largest absolute Gasteiger partial charge is 0.412 e. The van der Waals surface area contributed by atoms with Crippen LogP contribution in [0.4, 0.5) is 13.2 Å². The topological polar surface area (TPSA) is 0 Å². The van der Waals surface area contributed by atoms with Crippen LogP contribution in [0.1, 0.15) is 37.7 Å². The van der Waals surface area contributed by atoms with Crippen LogP contribution in [0.2, 0.25) is 0 Å². The van der Waals surface area contributed by atoms with E-state index in [-0.39, 0.29) is 17.9 Å². The van der Waals surface area contributed by atoms with Gasteiger partial charge in [-0.1, -0.05) is 56.0 Å². The highest BCUT2D eigenvalue weighted by Crippen LogP contribution is 2.37. The molecule has 0 radical (unpaired) electrons. The molecule has 0 aliphatic heterocycles. The van der Waals surface area contributed by atoms with Crippen LogP contribution in [0.25, 0.3) is 6.08 Å². The quantitative estimate of drug-likeness (QED) is 0.694. The standard InChI is InChI=1S/C15H17F3/c16-15(17,18)14(11-13-8-4-5-9-13)10-12-6-2-1-3-7-12/h1-3,6-7,10,13H,4-5,8-9,11H2. The molecule has 0 N–H and O–H groups in total. The molecule has 3 heteroatoms. The zero-order valence-corrected chi connectivity index (χ0v) is 10.2. The second-order valence-corrected chi connectivity index (χ2v) is 4.93. The summed E-state index contributed by atoms with van der Waals surface area (Å²) in [5.41, 5.74) is 0.239. The van der Waals surface area contributed by atoms with Crippen LogP contribution in [-0.2, 0) is 0 Å². The molecule has 1 aromatic carbocycles. The lowest BCUT2D eigenvalue weighted by Gasteiger charge is -2.16. The Morgan fingerprint density at radius 2 is 1.72 bits per heavy atom. The second kappa shape index (κ2) is 5.59. The van der Waals surface area contributed by atoms with Crippen molar-refractivity contribution >= 4 is 6.08 Å². The maximum atomic E-state index is 13.0. The highest BCUT2D eigenvalue weighted by atomic mass is 19.4. The van der Waals surface area contributed by atoms with Gasteiger partial charge in [-0.25, -0.2) is 0 Å². The van der Waals surface area contributed by atoms with E-state index in [1.807, 2.05) is 6.07 Å². The lowest BCUT2D eigenvalue weighted by molar-refractivity contribution is -0.0942. The predicted molar refractivity (Wildman–Crippen MR) is 67.0 cm³/mol. The molecule has 0 heterocycles. The van der Waals surface area contributed by atoms with Crippen molar-refractivity contribution in [2.24, 2.45) is 5.92 Å².